The number of benzene rings is 2. The summed E-state index contributed by atoms with van der Waals surface area (Å²) in [6.07, 6.45) is 4.24. The van der Waals surface area contributed by atoms with E-state index < -0.39 is 37.2 Å². The summed E-state index contributed by atoms with van der Waals surface area (Å²) in [6, 6.07) is 12.0. The van der Waals surface area contributed by atoms with Gasteiger partial charge >= 0.3 is 0 Å². The molecule has 0 saturated heterocycles. The van der Waals surface area contributed by atoms with E-state index in [0.717, 1.165) is 0 Å². The summed E-state index contributed by atoms with van der Waals surface area (Å²) in [7, 11) is -7.80. The van der Waals surface area contributed by atoms with Crippen LogP contribution in [0.4, 0.5) is 0 Å². The van der Waals surface area contributed by atoms with Crippen LogP contribution in [0.5, 0.6) is 0 Å². The van der Waals surface area contributed by atoms with Gasteiger partial charge in [0, 0.05) is 11.1 Å². The first kappa shape index (κ1) is 21.1. The summed E-state index contributed by atoms with van der Waals surface area (Å²) >= 11 is 0. The highest BCUT2D eigenvalue weighted by atomic mass is 32.2. The Morgan fingerprint density at radius 1 is 0.774 bits per heavy atom. The number of hydrogen-bond acceptors (Lipinski definition) is 6. The highest BCUT2D eigenvalue weighted by Gasteiger charge is 2.40. The molecule has 2 aromatic carbocycles. The third-order valence-corrected chi connectivity index (χ3v) is 8.82. The maximum atomic E-state index is 12.7. The van der Waals surface area contributed by atoms with Gasteiger partial charge in [-0.1, -0.05) is 48.9 Å². The first-order valence-electron chi connectivity index (χ1n) is 9.44. The topological polar surface area (TPSA) is 102 Å². The monoisotopic (exact) mass is 454 g/mol. The Hall–Kier alpha value is -3.10. The van der Waals surface area contributed by atoms with Crippen molar-refractivity contribution in [2.24, 2.45) is 5.92 Å². The lowest BCUT2D eigenvalue weighted by molar-refractivity contribution is 0.103. The van der Waals surface area contributed by atoms with Crippen LogP contribution in [-0.4, -0.2) is 28.4 Å². The molecular weight excluding hydrogens is 436 g/mol. The van der Waals surface area contributed by atoms with Crippen molar-refractivity contribution in [1.29, 1.82) is 0 Å². The Morgan fingerprint density at radius 2 is 1.23 bits per heavy atom. The predicted octanol–water partition coefficient (Wildman–Crippen LogP) is 3.68. The van der Waals surface area contributed by atoms with E-state index in [1.807, 2.05) is 0 Å². The molecule has 158 valence electrons. The van der Waals surface area contributed by atoms with Crippen molar-refractivity contribution in [2.75, 3.05) is 0 Å². The van der Waals surface area contributed by atoms with Gasteiger partial charge in [0.15, 0.2) is 0 Å². The zero-order chi connectivity index (χ0) is 22.6. The van der Waals surface area contributed by atoms with Gasteiger partial charge in [-0.2, -0.15) is 0 Å². The smallest absolute Gasteiger partial charge is 0.211 e. The number of rotatable bonds is 3. The van der Waals surface area contributed by atoms with Gasteiger partial charge < -0.3 is 0 Å². The first-order valence-corrected chi connectivity index (χ1v) is 12.4. The molecule has 0 N–H and O–H groups in total. The standard InChI is InChI=1S/C23H18O6S2/c1-14(12-20-22(24)16-7-3-5-9-18(16)30(20,26)27)11-15(2)13-21-23(25)17-8-4-6-10-19(17)31(21,28)29/h3-14H,1-2H3. The van der Waals surface area contributed by atoms with Crippen molar-refractivity contribution in [3.05, 3.63) is 93.3 Å². The lowest BCUT2D eigenvalue weighted by Gasteiger charge is -2.04. The van der Waals surface area contributed by atoms with E-state index in [1.165, 1.54) is 36.4 Å². The molecule has 0 aromatic heterocycles. The second kappa shape index (κ2) is 7.25. The minimum atomic E-state index is -3.91. The quantitative estimate of drug-likeness (QED) is 0.656. The molecule has 6 nitrogen and oxygen atoms in total. The van der Waals surface area contributed by atoms with E-state index in [0.29, 0.717) is 5.57 Å². The molecule has 0 fully saturated rings. The number of ketones is 2. The zero-order valence-corrected chi connectivity index (χ0v) is 18.3. The van der Waals surface area contributed by atoms with Gasteiger partial charge in [-0.3, -0.25) is 9.59 Å². The molecule has 2 aromatic rings. The largest absolute Gasteiger partial charge is 0.288 e. The Labute approximate surface area is 180 Å². The molecule has 1 atom stereocenters. The fourth-order valence-electron chi connectivity index (χ4n) is 3.79. The molecule has 2 aliphatic heterocycles. The van der Waals surface area contributed by atoms with E-state index in [9.17, 15) is 26.4 Å². The van der Waals surface area contributed by atoms with Crippen molar-refractivity contribution < 1.29 is 26.4 Å². The van der Waals surface area contributed by atoms with E-state index in [2.05, 4.69) is 0 Å². The average Bonchev–Trinajstić information content (AvgIpc) is 3.03. The van der Waals surface area contributed by atoms with Crippen molar-refractivity contribution in [3.63, 3.8) is 0 Å². The lowest BCUT2D eigenvalue weighted by Crippen LogP contribution is -2.05. The number of carbonyl (C=O) groups excluding carboxylic acids is 2. The number of allylic oxidation sites excluding steroid dienone is 6. The molecule has 2 heterocycles. The molecular formula is C23H18O6S2. The van der Waals surface area contributed by atoms with Gasteiger partial charge in [0.2, 0.25) is 31.2 Å². The Morgan fingerprint density at radius 3 is 1.74 bits per heavy atom. The van der Waals surface area contributed by atoms with Gasteiger partial charge in [-0.25, -0.2) is 16.8 Å². The number of Topliss-reactive ketones (excluding diaryl/α,β-unsaturated/α-hetero) is 2. The van der Waals surface area contributed by atoms with Crippen molar-refractivity contribution in [2.45, 2.75) is 23.6 Å². The number of hydrogen-bond donors (Lipinski definition) is 0. The van der Waals surface area contributed by atoms with Crippen LogP contribution in [0.3, 0.4) is 0 Å². The van der Waals surface area contributed by atoms with Crippen LogP contribution < -0.4 is 0 Å². The van der Waals surface area contributed by atoms with Gasteiger partial charge in [0.1, 0.15) is 9.81 Å². The minimum Gasteiger partial charge on any atom is -0.288 e. The van der Waals surface area contributed by atoms with Crippen LogP contribution in [0.15, 0.2) is 91.9 Å². The third kappa shape index (κ3) is 3.32. The number of sulfone groups is 2. The van der Waals surface area contributed by atoms with Crippen LogP contribution in [0, 0.1) is 5.92 Å². The minimum absolute atomic E-state index is 0.0123. The summed E-state index contributed by atoms with van der Waals surface area (Å²) < 4.78 is 50.8. The van der Waals surface area contributed by atoms with E-state index in [4.69, 9.17) is 0 Å². The molecule has 0 amide bonds. The van der Waals surface area contributed by atoms with E-state index in [-0.39, 0.29) is 30.7 Å². The maximum Gasteiger partial charge on any atom is 0.211 e. The fraction of sp³-hybridized carbons (Fsp3) is 0.130. The number of carbonyl (C=O) groups is 2. The normalized spacial score (nSPS) is 22.6. The highest BCUT2D eigenvalue weighted by Crippen LogP contribution is 2.36. The van der Waals surface area contributed by atoms with Gasteiger partial charge in [0.05, 0.1) is 9.79 Å². The molecule has 0 spiro atoms. The Kier molecular flexibility index (Phi) is 4.94. The highest BCUT2D eigenvalue weighted by molar-refractivity contribution is 7.97. The molecule has 0 saturated carbocycles. The number of fused-ring (bicyclic) bond motifs is 2. The molecule has 0 radical (unpaired) electrons. The van der Waals surface area contributed by atoms with Crippen LogP contribution >= 0.6 is 0 Å². The Bertz CT molecular complexity index is 1450. The van der Waals surface area contributed by atoms with Crippen LogP contribution in [0.2, 0.25) is 0 Å². The Balaban J connectivity index is 1.68. The molecule has 4 rings (SSSR count). The second-order valence-corrected chi connectivity index (χ2v) is 11.2. The first-order chi connectivity index (χ1) is 14.5. The molecule has 8 heteroatoms. The molecule has 0 aliphatic carbocycles. The van der Waals surface area contributed by atoms with E-state index in [1.54, 1.807) is 44.2 Å². The van der Waals surface area contributed by atoms with Crippen molar-refractivity contribution in [1.82, 2.24) is 0 Å². The van der Waals surface area contributed by atoms with Gasteiger partial charge in [-0.15, -0.1) is 0 Å². The van der Waals surface area contributed by atoms with Crippen LogP contribution in [-0.2, 0) is 19.7 Å². The molecule has 2 aliphatic rings. The fourth-order valence-corrected chi connectivity index (χ4v) is 7.12. The van der Waals surface area contributed by atoms with Crippen molar-refractivity contribution in [3.8, 4) is 0 Å². The summed E-state index contributed by atoms with van der Waals surface area (Å²) in [5.41, 5.74) is 0.741. The van der Waals surface area contributed by atoms with Gasteiger partial charge in [-0.05, 0) is 43.2 Å². The molecule has 1 unspecified atom stereocenters. The molecule has 0 bridgehead atoms. The van der Waals surface area contributed by atoms with Crippen LogP contribution in [0.25, 0.3) is 0 Å². The zero-order valence-electron chi connectivity index (χ0n) is 16.7. The second-order valence-electron chi connectivity index (χ2n) is 7.47. The third-order valence-electron chi connectivity index (χ3n) is 5.17. The average molecular weight is 455 g/mol. The van der Waals surface area contributed by atoms with Crippen molar-refractivity contribution >= 4 is 31.2 Å². The summed E-state index contributed by atoms with van der Waals surface area (Å²) in [4.78, 5) is 24.5. The molecule has 31 heavy (non-hydrogen) atoms. The maximum absolute atomic E-state index is 12.7. The van der Waals surface area contributed by atoms with Crippen LogP contribution in [0.1, 0.15) is 34.6 Å². The van der Waals surface area contributed by atoms with E-state index >= 15 is 0 Å². The lowest BCUT2D eigenvalue weighted by atomic mass is 10.0. The summed E-state index contributed by atoms with van der Waals surface area (Å²) in [5, 5.41) is 0. The van der Waals surface area contributed by atoms with Gasteiger partial charge in [0.25, 0.3) is 0 Å². The SMILES string of the molecule is CC(=CC(C)C=C1C(=O)c2ccccc2S1(=O)=O)C=C1C(=O)c2ccccc2S1(=O)=O. The summed E-state index contributed by atoms with van der Waals surface area (Å²) in [6.45, 7) is 3.30. The summed E-state index contributed by atoms with van der Waals surface area (Å²) in [5.74, 6) is -1.63. The predicted molar refractivity (Wildman–Crippen MR) is 115 cm³/mol.